The van der Waals surface area contributed by atoms with Crippen LogP contribution in [0, 0.1) is 5.41 Å². The number of primary amides is 1. The van der Waals surface area contributed by atoms with Crippen LogP contribution in [-0.2, 0) is 9.59 Å². The summed E-state index contributed by atoms with van der Waals surface area (Å²) in [5.74, 6) is -0.372. The van der Waals surface area contributed by atoms with Crippen molar-refractivity contribution in [2.24, 2.45) is 11.1 Å². The van der Waals surface area contributed by atoms with Gasteiger partial charge in [0.15, 0.2) is 0 Å². The number of carbonyl (C=O) groups excluding carboxylic acids is 2. The van der Waals surface area contributed by atoms with E-state index in [1.807, 2.05) is 6.92 Å². The van der Waals surface area contributed by atoms with Crippen molar-refractivity contribution in [3.8, 4) is 0 Å². The fourth-order valence-electron chi connectivity index (χ4n) is 2.00. The van der Waals surface area contributed by atoms with Crippen LogP contribution in [-0.4, -0.2) is 11.7 Å². The number of rotatable bonds is 3. The third kappa shape index (κ3) is 1.24. The van der Waals surface area contributed by atoms with Gasteiger partial charge in [0.1, 0.15) is 11.2 Å². The number of hydrogen-bond acceptors (Lipinski definition) is 2. The molecule has 0 aromatic heterocycles. The predicted molar refractivity (Wildman–Crippen MR) is 45.4 cm³/mol. The summed E-state index contributed by atoms with van der Waals surface area (Å²) in [5.41, 5.74) is 4.45. The molecule has 3 nitrogen and oxygen atoms in total. The Bertz CT molecular complexity index is 213. The highest BCUT2D eigenvalue weighted by atomic mass is 16.2. The van der Waals surface area contributed by atoms with Crippen molar-refractivity contribution >= 4 is 11.7 Å². The normalized spacial score (nSPS) is 29.2. The zero-order chi connectivity index (χ0) is 9.19. The van der Waals surface area contributed by atoms with E-state index in [1.165, 1.54) is 0 Å². The van der Waals surface area contributed by atoms with Gasteiger partial charge in [-0.05, 0) is 19.3 Å². The molecule has 0 aromatic rings. The van der Waals surface area contributed by atoms with Gasteiger partial charge in [-0.25, -0.2) is 0 Å². The summed E-state index contributed by atoms with van der Waals surface area (Å²) in [5, 5.41) is 0. The van der Waals surface area contributed by atoms with E-state index in [4.69, 9.17) is 5.73 Å². The number of amides is 1. The van der Waals surface area contributed by atoms with Crippen LogP contribution in [0.2, 0.25) is 0 Å². The van der Waals surface area contributed by atoms with E-state index in [2.05, 4.69) is 0 Å². The third-order valence-electron chi connectivity index (χ3n) is 2.69. The summed E-state index contributed by atoms with van der Waals surface area (Å²) in [6.45, 7) is 1.97. The summed E-state index contributed by atoms with van der Waals surface area (Å²) in [4.78, 5) is 22.6. The van der Waals surface area contributed by atoms with Crippen molar-refractivity contribution in [3.05, 3.63) is 0 Å². The average molecular weight is 169 g/mol. The fourth-order valence-corrected chi connectivity index (χ4v) is 2.00. The topological polar surface area (TPSA) is 60.2 Å². The van der Waals surface area contributed by atoms with E-state index in [0.717, 1.165) is 12.8 Å². The molecule has 1 fully saturated rings. The van der Waals surface area contributed by atoms with Gasteiger partial charge in [0.05, 0.1) is 0 Å². The summed E-state index contributed by atoms with van der Waals surface area (Å²) in [6, 6.07) is 0. The SMILES string of the molecule is CCCC1(C(N)=O)CCCC1=O. The molecular weight excluding hydrogens is 154 g/mol. The lowest BCUT2D eigenvalue weighted by Crippen LogP contribution is -2.40. The van der Waals surface area contributed by atoms with Gasteiger partial charge in [0.25, 0.3) is 0 Å². The molecule has 1 aliphatic carbocycles. The smallest absolute Gasteiger partial charge is 0.231 e. The quantitative estimate of drug-likeness (QED) is 0.641. The molecule has 3 heteroatoms. The van der Waals surface area contributed by atoms with Gasteiger partial charge in [-0.15, -0.1) is 0 Å². The van der Waals surface area contributed by atoms with Gasteiger partial charge in [-0.2, -0.15) is 0 Å². The second-order valence-corrected chi connectivity index (χ2v) is 3.47. The van der Waals surface area contributed by atoms with E-state index < -0.39 is 11.3 Å². The lowest BCUT2D eigenvalue weighted by Gasteiger charge is -2.22. The maximum absolute atomic E-state index is 11.4. The minimum atomic E-state index is -0.797. The van der Waals surface area contributed by atoms with Crippen LogP contribution in [0.15, 0.2) is 0 Å². The monoisotopic (exact) mass is 169 g/mol. The number of ketones is 1. The minimum Gasteiger partial charge on any atom is -0.369 e. The second-order valence-electron chi connectivity index (χ2n) is 3.47. The molecule has 0 aromatic carbocycles. The molecule has 0 heterocycles. The standard InChI is InChI=1S/C9H15NO2/c1-2-5-9(8(10)12)6-3-4-7(9)11/h2-6H2,1H3,(H2,10,12). The first-order valence-electron chi connectivity index (χ1n) is 4.46. The molecule has 1 aliphatic rings. The molecule has 12 heavy (non-hydrogen) atoms. The summed E-state index contributed by atoms with van der Waals surface area (Å²) >= 11 is 0. The first-order chi connectivity index (χ1) is 5.63. The Labute approximate surface area is 72.3 Å². The first-order valence-corrected chi connectivity index (χ1v) is 4.46. The molecule has 0 aliphatic heterocycles. The van der Waals surface area contributed by atoms with Crippen LogP contribution in [0.4, 0.5) is 0 Å². The van der Waals surface area contributed by atoms with Gasteiger partial charge in [-0.3, -0.25) is 9.59 Å². The lowest BCUT2D eigenvalue weighted by molar-refractivity contribution is -0.138. The maximum Gasteiger partial charge on any atom is 0.231 e. The largest absolute Gasteiger partial charge is 0.369 e. The number of hydrogen-bond donors (Lipinski definition) is 1. The Morgan fingerprint density at radius 1 is 1.67 bits per heavy atom. The molecule has 1 atom stereocenters. The molecule has 0 spiro atoms. The number of nitrogens with two attached hydrogens (primary N) is 1. The first kappa shape index (κ1) is 9.23. The van der Waals surface area contributed by atoms with Crippen LogP contribution >= 0.6 is 0 Å². The molecule has 2 N–H and O–H groups in total. The van der Waals surface area contributed by atoms with Crippen molar-refractivity contribution in [1.82, 2.24) is 0 Å². The summed E-state index contributed by atoms with van der Waals surface area (Å²) < 4.78 is 0. The highest BCUT2D eigenvalue weighted by Crippen LogP contribution is 2.38. The van der Waals surface area contributed by atoms with E-state index in [0.29, 0.717) is 19.3 Å². The fraction of sp³-hybridized carbons (Fsp3) is 0.778. The van der Waals surface area contributed by atoms with Crippen molar-refractivity contribution in [1.29, 1.82) is 0 Å². The van der Waals surface area contributed by atoms with Gasteiger partial charge in [0.2, 0.25) is 5.91 Å². The van der Waals surface area contributed by atoms with Gasteiger partial charge in [0, 0.05) is 6.42 Å². The Morgan fingerprint density at radius 2 is 2.33 bits per heavy atom. The molecule has 0 saturated heterocycles. The lowest BCUT2D eigenvalue weighted by atomic mass is 9.80. The minimum absolute atomic E-state index is 0.0526. The van der Waals surface area contributed by atoms with Crippen LogP contribution in [0.1, 0.15) is 39.0 Å². The predicted octanol–water partition coefficient (Wildman–Crippen LogP) is 1.01. The molecule has 68 valence electrons. The maximum atomic E-state index is 11.4. The van der Waals surface area contributed by atoms with Gasteiger partial charge < -0.3 is 5.73 Å². The molecule has 1 unspecified atom stereocenters. The second kappa shape index (κ2) is 3.25. The van der Waals surface area contributed by atoms with E-state index >= 15 is 0 Å². The molecule has 0 bridgehead atoms. The summed E-state index contributed by atoms with van der Waals surface area (Å²) in [6.07, 6.45) is 3.48. The molecule has 0 radical (unpaired) electrons. The van der Waals surface area contributed by atoms with Crippen LogP contribution < -0.4 is 5.73 Å². The summed E-state index contributed by atoms with van der Waals surface area (Å²) in [7, 11) is 0. The van der Waals surface area contributed by atoms with Crippen molar-refractivity contribution in [3.63, 3.8) is 0 Å². The van der Waals surface area contributed by atoms with Crippen LogP contribution in [0.5, 0.6) is 0 Å². The molecule has 1 saturated carbocycles. The molecule has 1 amide bonds. The van der Waals surface area contributed by atoms with Crippen molar-refractivity contribution in [2.45, 2.75) is 39.0 Å². The zero-order valence-electron chi connectivity index (χ0n) is 7.43. The number of carbonyl (C=O) groups is 2. The van der Waals surface area contributed by atoms with E-state index in [9.17, 15) is 9.59 Å². The van der Waals surface area contributed by atoms with E-state index in [-0.39, 0.29) is 5.78 Å². The van der Waals surface area contributed by atoms with E-state index in [1.54, 1.807) is 0 Å². The van der Waals surface area contributed by atoms with Crippen molar-refractivity contribution in [2.75, 3.05) is 0 Å². The Hall–Kier alpha value is -0.860. The van der Waals surface area contributed by atoms with Crippen molar-refractivity contribution < 1.29 is 9.59 Å². The zero-order valence-corrected chi connectivity index (χ0v) is 7.43. The third-order valence-corrected chi connectivity index (χ3v) is 2.69. The highest BCUT2D eigenvalue weighted by Gasteiger charge is 2.45. The Balaban J connectivity index is 2.85. The van der Waals surface area contributed by atoms with Crippen LogP contribution in [0.3, 0.4) is 0 Å². The molecular formula is C9H15NO2. The molecule has 1 rings (SSSR count). The van der Waals surface area contributed by atoms with Gasteiger partial charge in [-0.1, -0.05) is 13.3 Å². The average Bonchev–Trinajstić information content (AvgIpc) is 2.34. The Morgan fingerprint density at radius 3 is 2.67 bits per heavy atom. The van der Waals surface area contributed by atoms with Gasteiger partial charge >= 0.3 is 0 Å². The highest BCUT2D eigenvalue weighted by molar-refractivity contribution is 6.06. The Kier molecular flexibility index (Phi) is 2.50. The number of Topliss-reactive ketones (excluding diaryl/α,β-unsaturated/α-hetero) is 1. The van der Waals surface area contributed by atoms with Crippen LogP contribution in [0.25, 0.3) is 0 Å².